The van der Waals surface area contributed by atoms with Crippen molar-refractivity contribution in [2.24, 2.45) is 0 Å². The van der Waals surface area contributed by atoms with Crippen LogP contribution < -0.4 is 5.32 Å². The molecular weight excluding hydrogens is 314 g/mol. The van der Waals surface area contributed by atoms with Gasteiger partial charge in [0.2, 0.25) is 0 Å². The van der Waals surface area contributed by atoms with Gasteiger partial charge >= 0.3 is 0 Å². The third kappa shape index (κ3) is 2.90. The van der Waals surface area contributed by atoms with Crippen molar-refractivity contribution in [3.8, 4) is 0 Å². The highest BCUT2D eigenvalue weighted by Gasteiger charge is 2.17. The Kier molecular flexibility index (Phi) is 4.53. The molecule has 0 aliphatic heterocycles. The zero-order valence-electron chi connectivity index (χ0n) is 12.8. The molecule has 0 amide bonds. The van der Waals surface area contributed by atoms with Crippen LogP contribution in [-0.2, 0) is 6.54 Å². The minimum absolute atomic E-state index is 0.239. The maximum Gasteiger partial charge on any atom is 0.0649 e. The monoisotopic (exact) mass is 335 g/mol. The lowest BCUT2D eigenvalue weighted by atomic mass is 10.1. The largest absolute Gasteiger partial charge is 0.378 e. The van der Waals surface area contributed by atoms with Crippen molar-refractivity contribution < 1.29 is 0 Å². The first-order valence-corrected chi connectivity index (χ1v) is 7.80. The lowest BCUT2D eigenvalue weighted by Gasteiger charge is -2.18. The van der Waals surface area contributed by atoms with E-state index in [0.29, 0.717) is 0 Å². The van der Waals surface area contributed by atoms with Gasteiger partial charge in [-0.15, -0.1) is 0 Å². The second-order valence-corrected chi connectivity index (χ2v) is 6.14. The van der Waals surface area contributed by atoms with Crippen molar-refractivity contribution in [1.29, 1.82) is 0 Å². The van der Waals surface area contributed by atoms with E-state index in [1.807, 2.05) is 0 Å². The zero-order valence-corrected chi connectivity index (χ0v) is 14.4. The molecule has 1 unspecified atom stereocenters. The standard InChI is InChI=1S/C16H22BrN3/c1-6-20-13(5)16(12(4)19-20)11(3)18-15-9-14(17)8-7-10(15)2/h7-9,11,18H,6H2,1-5H3. The Morgan fingerprint density at radius 2 is 2.00 bits per heavy atom. The van der Waals surface area contributed by atoms with Gasteiger partial charge in [0.25, 0.3) is 0 Å². The van der Waals surface area contributed by atoms with Crippen LogP contribution in [0.5, 0.6) is 0 Å². The molecule has 4 heteroatoms. The van der Waals surface area contributed by atoms with Crippen LogP contribution in [0.25, 0.3) is 0 Å². The molecule has 20 heavy (non-hydrogen) atoms. The molecule has 2 aromatic rings. The predicted octanol–water partition coefficient (Wildman–Crippen LogP) is 4.76. The Morgan fingerprint density at radius 3 is 2.60 bits per heavy atom. The summed E-state index contributed by atoms with van der Waals surface area (Å²) >= 11 is 3.53. The first-order valence-electron chi connectivity index (χ1n) is 7.00. The zero-order chi connectivity index (χ0) is 14.9. The van der Waals surface area contributed by atoms with Gasteiger partial charge in [-0.2, -0.15) is 5.10 Å². The van der Waals surface area contributed by atoms with Gasteiger partial charge in [0.05, 0.1) is 11.7 Å². The van der Waals surface area contributed by atoms with Crippen LogP contribution >= 0.6 is 15.9 Å². The van der Waals surface area contributed by atoms with Crippen molar-refractivity contribution in [3.63, 3.8) is 0 Å². The molecule has 0 spiro atoms. The predicted molar refractivity (Wildman–Crippen MR) is 88.3 cm³/mol. The molecule has 0 saturated carbocycles. The average molecular weight is 336 g/mol. The molecule has 1 atom stereocenters. The van der Waals surface area contributed by atoms with Gasteiger partial charge in [0.1, 0.15) is 0 Å². The molecular formula is C16H22BrN3. The van der Waals surface area contributed by atoms with E-state index >= 15 is 0 Å². The first-order chi connectivity index (χ1) is 9.43. The van der Waals surface area contributed by atoms with Crippen molar-refractivity contribution in [1.82, 2.24) is 9.78 Å². The van der Waals surface area contributed by atoms with E-state index < -0.39 is 0 Å². The van der Waals surface area contributed by atoms with Gasteiger partial charge in [-0.1, -0.05) is 22.0 Å². The van der Waals surface area contributed by atoms with Gasteiger partial charge in [-0.05, 0) is 52.3 Å². The summed E-state index contributed by atoms with van der Waals surface area (Å²) < 4.78 is 3.16. The van der Waals surface area contributed by atoms with Gasteiger partial charge in [-0.25, -0.2) is 0 Å². The Bertz CT molecular complexity index is 616. The van der Waals surface area contributed by atoms with Crippen LogP contribution in [0.4, 0.5) is 5.69 Å². The van der Waals surface area contributed by atoms with Crippen molar-refractivity contribution in [2.75, 3.05) is 5.32 Å². The SMILES string of the molecule is CCn1nc(C)c(C(C)Nc2cc(Br)ccc2C)c1C. The number of rotatable bonds is 4. The summed E-state index contributed by atoms with van der Waals surface area (Å²) in [4.78, 5) is 0. The summed E-state index contributed by atoms with van der Waals surface area (Å²) in [6.45, 7) is 11.6. The summed E-state index contributed by atoms with van der Waals surface area (Å²) in [5.74, 6) is 0. The molecule has 0 aliphatic carbocycles. The summed E-state index contributed by atoms with van der Waals surface area (Å²) in [7, 11) is 0. The summed E-state index contributed by atoms with van der Waals surface area (Å²) in [6, 6.07) is 6.55. The van der Waals surface area contributed by atoms with E-state index in [1.165, 1.54) is 16.8 Å². The summed E-state index contributed by atoms with van der Waals surface area (Å²) in [5, 5.41) is 8.20. The highest BCUT2D eigenvalue weighted by molar-refractivity contribution is 9.10. The Balaban J connectivity index is 2.30. The highest BCUT2D eigenvalue weighted by Crippen LogP contribution is 2.28. The fourth-order valence-corrected chi connectivity index (χ4v) is 3.06. The molecule has 0 saturated heterocycles. The number of hydrogen-bond donors (Lipinski definition) is 1. The van der Waals surface area contributed by atoms with E-state index in [-0.39, 0.29) is 6.04 Å². The van der Waals surface area contributed by atoms with Gasteiger partial charge in [0, 0.05) is 28.0 Å². The second kappa shape index (κ2) is 6.00. The third-order valence-corrected chi connectivity index (χ3v) is 4.23. The molecule has 1 N–H and O–H groups in total. The number of nitrogens with one attached hydrogen (secondary N) is 1. The Hall–Kier alpha value is -1.29. The average Bonchev–Trinajstić information content (AvgIpc) is 2.68. The summed E-state index contributed by atoms with van der Waals surface area (Å²) in [6.07, 6.45) is 0. The number of aryl methyl sites for hydroxylation is 3. The van der Waals surface area contributed by atoms with Gasteiger partial charge in [-0.3, -0.25) is 4.68 Å². The van der Waals surface area contributed by atoms with Crippen LogP contribution in [0.1, 0.15) is 42.4 Å². The fourth-order valence-electron chi connectivity index (χ4n) is 2.70. The molecule has 1 heterocycles. The lowest BCUT2D eigenvalue weighted by Crippen LogP contribution is -2.10. The van der Waals surface area contributed by atoms with Crippen LogP contribution in [0.2, 0.25) is 0 Å². The van der Waals surface area contributed by atoms with Crippen molar-refractivity contribution in [3.05, 3.63) is 45.2 Å². The Labute approximate surface area is 129 Å². The quantitative estimate of drug-likeness (QED) is 0.872. The number of nitrogens with zero attached hydrogens (tertiary/aromatic N) is 2. The number of aromatic nitrogens is 2. The maximum atomic E-state index is 4.60. The van der Waals surface area contributed by atoms with Crippen LogP contribution in [0, 0.1) is 20.8 Å². The molecule has 0 fully saturated rings. The van der Waals surface area contributed by atoms with Gasteiger partial charge in [0.15, 0.2) is 0 Å². The van der Waals surface area contributed by atoms with E-state index in [1.54, 1.807) is 0 Å². The minimum atomic E-state index is 0.239. The molecule has 0 aliphatic rings. The van der Waals surface area contributed by atoms with Crippen molar-refractivity contribution >= 4 is 21.6 Å². The normalized spacial score (nSPS) is 12.5. The molecule has 0 radical (unpaired) electrons. The molecule has 1 aromatic heterocycles. The smallest absolute Gasteiger partial charge is 0.0649 e. The number of anilines is 1. The topological polar surface area (TPSA) is 29.9 Å². The number of halogens is 1. The maximum absolute atomic E-state index is 4.60. The first kappa shape index (κ1) is 15.1. The molecule has 2 rings (SSSR count). The van der Waals surface area contributed by atoms with Crippen LogP contribution in [0.3, 0.4) is 0 Å². The lowest BCUT2D eigenvalue weighted by molar-refractivity contribution is 0.632. The van der Waals surface area contributed by atoms with E-state index in [0.717, 1.165) is 22.4 Å². The summed E-state index contributed by atoms with van der Waals surface area (Å²) in [5.41, 5.74) is 6.06. The number of hydrogen-bond acceptors (Lipinski definition) is 2. The number of benzene rings is 1. The highest BCUT2D eigenvalue weighted by atomic mass is 79.9. The third-order valence-electron chi connectivity index (χ3n) is 3.74. The Morgan fingerprint density at radius 1 is 1.30 bits per heavy atom. The van der Waals surface area contributed by atoms with Gasteiger partial charge < -0.3 is 5.32 Å². The molecule has 1 aromatic carbocycles. The molecule has 108 valence electrons. The minimum Gasteiger partial charge on any atom is -0.378 e. The van der Waals surface area contributed by atoms with E-state index in [4.69, 9.17) is 0 Å². The van der Waals surface area contributed by atoms with Crippen LogP contribution in [0.15, 0.2) is 22.7 Å². The van der Waals surface area contributed by atoms with E-state index in [2.05, 4.69) is 83.8 Å². The second-order valence-electron chi connectivity index (χ2n) is 5.23. The fraction of sp³-hybridized carbons (Fsp3) is 0.438. The molecule has 3 nitrogen and oxygen atoms in total. The molecule has 0 bridgehead atoms. The van der Waals surface area contributed by atoms with Crippen LogP contribution in [-0.4, -0.2) is 9.78 Å². The van der Waals surface area contributed by atoms with E-state index in [9.17, 15) is 0 Å². The van der Waals surface area contributed by atoms with Crippen molar-refractivity contribution in [2.45, 2.75) is 47.2 Å².